The van der Waals surface area contributed by atoms with Gasteiger partial charge in [-0.15, -0.1) is 11.3 Å². The van der Waals surface area contributed by atoms with Crippen LogP contribution in [0.25, 0.3) is 5.70 Å². The third kappa shape index (κ3) is 5.61. The van der Waals surface area contributed by atoms with Crippen LogP contribution < -0.4 is 10.2 Å². The van der Waals surface area contributed by atoms with E-state index in [1.54, 1.807) is 29.5 Å². The summed E-state index contributed by atoms with van der Waals surface area (Å²) in [6.45, 7) is 3.85. The average molecular weight is 552 g/mol. The zero-order valence-electron chi connectivity index (χ0n) is 19.4. The molecule has 1 aromatic heterocycles. The second-order valence-electron chi connectivity index (χ2n) is 8.80. The number of nitrogens with zero attached hydrogens (tertiary/aromatic N) is 2. The lowest BCUT2D eigenvalue weighted by atomic mass is 10.1. The molecule has 0 spiro atoms. The van der Waals surface area contributed by atoms with Crippen LogP contribution in [-0.2, 0) is 4.74 Å². The van der Waals surface area contributed by atoms with Crippen molar-refractivity contribution in [1.82, 2.24) is 4.98 Å². The maximum atomic E-state index is 11.2. The number of piperidine rings is 1. The molecule has 1 aromatic carbocycles. The molecule has 3 aliphatic rings. The fraction of sp³-hybridized carbons (Fsp3) is 0.296. The van der Waals surface area contributed by atoms with Crippen molar-refractivity contribution < 1.29 is 14.6 Å². The van der Waals surface area contributed by atoms with Gasteiger partial charge in [-0.05, 0) is 71.1 Å². The molecule has 1 aliphatic heterocycles. The number of halogens is 1. The van der Waals surface area contributed by atoms with Crippen LogP contribution in [-0.4, -0.2) is 35.3 Å². The van der Waals surface area contributed by atoms with E-state index in [1.165, 1.54) is 5.57 Å². The number of aromatic nitrogens is 1. The van der Waals surface area contributed by atoms with Gasteiger partial charge in [0.25, 0.3) is 0 Å². The molecule has 6 nitrogen and oxygen atoms in total. The van der Waals surface area contributed by atoms with Crippen molar-refractivity contribution in [3.8, 4) is 0 Å². The standard InChI is InChI=1S/C27H26BrN3O3S/c1-17-5-3-2-4-6-24(17)34-20-11-13-31(14-12-20)27-30-23(16-35-27)25(18-7-8-18)29-22-10-9-19(26(32)33)15-21(22)28/h2-5,9-10,15-16,20,29H,7-8,11-14H2,1H3,(H,32,33). The first-order valence-corrected chi connectivity index (χ1v) is 13.3. The average Bonchev–Trinajstić information content (AvgIpc) is 3.61. The Hall–Kier alpha value is -3.06. The van der Waals surface area contributed by atoms with Crippen molar-refractivity contribution >= 4 is 49.8 Å². The number of aromatic carboxylic acids is 1. The van der Waals surface area contributed by atoms with Gasteiger partial charge in [-0.2, -0.15) is 0 Å². The van der Waals surface area contributed by atoms with E-state index in [4.69, 9.17) is 9.72 Å². The molecule has 0 radical (unpaired) electrons. The number of allylic oxidation sites excluding steroid dienone is 5. The van der Waals surface area contributed by atoms with Gasteiger partial charge in [0.1, 0.15) is 6.10 Å². The van der Waals surface area contributed by atoms with Gasteiger partial charge in [0.15, 0.2) is 10.9 Å². The lowest BCUT2D eigenvalue weighted by Crippen LogP contribution is -2.37. The van der Waals surface area contributed by atoms with Crippen LogP contribution in [0.5, 0.6) is 0 Å². The summed E-state index contributed by atoms with van der Waals surface area (Å²) in [5.41, 5.74) is 8.71. The Bertz CT molecular complexity index is 1300. The van der Waals surface area contributed by atoms with Gasteiger partial charge in [0, 0.05) is 35.8 Å². The van der Waals surface area contributed by atoms with E-state index in [9.17, 15) is 9.90 Å². The normalized spacial score (nSPS) is 17.5. The molecule has 2 aromatic rings. The van der Waals surface area contributed by atoms with Crippen LogP contribution in [0.1, 0.15) is 48.7 Å². The minimum atomic E-state index is -0.942. The molecule has 8 heteroatoms. The maximum absolute atomic E-state index is 11.2. The molecule has 0 unspecified atom stereocenters. The molecular weight excluding hydrogens is 526 g/mol. The first-order chi connectivity index (χ1) is 17.0. The fourth-order valence-electron chi connectivity index (χ4n) is 4.08. The summed E-state index contributed by atoms with van der Waals surface area (Å²) in [6.07, 6.45) is 12.1. The number of benzene rings is 1. The number of hydrogen-bond acceptors (Lipinski definition) is 6. The van der Waals surface area contributed by atoms with E-state index in [-0.39, 0.29) is 11.7 Å². The quantitative estimate of drug-likeness (QED) is 0.370. The maximum Gasteiger partial charge on any atom is 0.335 e. The molecule has 0 bridgehead atoms. The zero-order valence-corrected chi connectivity index (χ0v) is 21.8. The molecule has 0 amide bonds. The fourth-order valence-corrected chi connectivity index (χ4v) is 5.43. The van der Waals surface area contributed by atoms with Crippen molar-refractivity contribution in [3.63, 3.8) is 0 Å². The Labute approximate surface area is 217 Å². The third-order valence-corrected chi connectivity index (χ3v) is 7.76. The summed E-state index contributed by atoms with van der Waals surface area (Å²) in [7, 11) is 0. The number of thiazole rings is 1. The van der Waals surface area contributed by atoms with E-state index >= 15 is 0 Å². The molecule has 180 valence electrons. The summed E-state index contributed by atoms with van der Waals surface area (Å²) < 4.78 is 6.97. The minimum Gasteiger partial charge on any atom is -0.483 e. The van der Waals surface area contributed by atoms with Crippen molar-refractivity contribution in [2.75, 3.05) is 23.3 Å². The highest BCUT2D eigenvalue weighted by atomic mass is 79.9. The first kappa shape index (κ1) is 23.7. The Morgan fingerprint density at radius 2 is 2.09 bits per heavy atom. The van der Waals surface area contributed by atoms with E-state index < -0.39 is 5.97 Å². The van der Waals surface area contributed by atoms with Crippen LogP contribution in [0, 0.1) is 0 Å². The van der Waals surface area contributed by atoms with E-state index in [0.717, 1.165) is 72.3 Å². The highest BCUT2D eigenvalue weighted by molar-refractivity contribution is 9.10. The van der Waals surface area contributed by atoms with Gasteiger partial charge in [0.05, 0.1) is 22.6 Å². The number of carboxylic acid groups (broad SMARTS) is 1. The van der Waals surface area contributed by atoms with Crippen LogP contribution >= 0.6 is 27.3 Å². The van der Waals surface area contributed by atoms with Gasteiger partial charge < -0.3 is 20.1 Å². The number of ether oxygens (including phenoxy) is 1. The predicted molar refractivity (Wildman–Crippen MR) is 144 cm³/mol. The molecule has 2 fully saturated rings. The van der Waals surface area contributed by atoms with E-state index in [2.05, 4.69) is 50.3 Å². The molecule has 2 N–H and O–H groups in total. The van der Waals surface area contributed by atoms with Gasteiger partial charge in [-0.25, -0.2) is 9.78 Å². The Balaban J connectivity index is 1.24. The molecule has 1 saturated carbocycles. The summed E-state index contributed by atoms with van der Waals surface area (Å²) in [5, 5.41) is 15.8. The van der Waals surface area contributed by atoms with Crippen LogP contribution in [0.4, 0.5) is 10.8 Å². The zero-order chi connectivity index (χ0) is 24.4. The van der Waals surface area contributed by atoms with Crippen LogP contribution in [0.15, 0.2) is 75.0 Å². The van der Waals surface area contributed by atoms with Gasteiger partial charge in [0.2, 0.25) is 0 Å². The van der Waals surface area contributed by atoms with Crippen LogP contribution in [0.2, 0.25) is 0 Å². The van der Waals surface area contributed by atoms with Gasteiger partial charge >= 0.3 is 5.97 Å². The van der Waals surface area contributed by atoms with Crippen molar-refractivity contribution in [3.05, 3.63) is 86.2 Å². The topological polar surface area (TPSA) is 74.7 Å². The summed E-state index contributed by atoms with van der Waals surface area (Å²) >= 11 is 5.16. The lowest BCUT2D eigenvalue weighted by molar-refractivity contribution is 0.0697. The Morgan fingerprint density at radius 3 is 2.80 bits per heavy atom. The number of carbonyl (C=O) groups is 1. The first-order valence-electron chi connectivity index (χ1n) is 11.7. The molecular formula is C27H26BrN3O3S. The SMILES string of the molecule is CC1=CC=CC=C=C1OC1CCN(c2nc(C(Nc3ccc(C(=O)O)cc3Br)=C3CC3)cs2)CC1. The molecule has 35 heavy (non-hydrogen) atoms. The second-order valence-corrected chi connectivity index (χ2v) is 10.5. The van der Waals surface area contributed by atoms with Crippen molar-refractivity contribution in [2.45, 2.75) is 38.7 Å². The molecule has 0 atom stereocenters. The second kappa shape index (κ2) is 10.3. The van der Waals surface area contributed by atoms with E-state index in [1.807, 2.05) is 18.2 Å². The Kier molecular flexibility index (Phi) is 6.95. The predicted octanol–water partition coefficient (Wildman–Crippen LogP) is 6.76. The molecule has 5 rings (SSSR count). The number of carboxylic acids is 1. The summed E-state index contributed by atoms with van der Waals surface area (Å²) in [4.78, 5) is 18.5. The number of rotatable bonds is 7. The monoisotopic (exact) mass is 551 g/mol. The van der Waals surface area contributed by atoms with Crippen molar-refractivity contribution in [1.29, 1.82) is 0 Å². The third-order valence-electron chi connectivity index (χ3n) is 6.20. The summed E-state index contributed by atoms with van der Waals surface area (Å²) in [5.74, 6) is -0.110. The smallest absolute Gasteiger partial charge is 0.335 e. The van der Waals surface area contributed by atoms with Gasteiger partial charge in [-0.1, -0.05) is 24.0 Å². The highest BCUT2D eigenvalue weighted by Crippen LogP contribution is 2.39. The molecule has 2 heterocycles. The number of nitrogens with one attached hydrogen (secondary N) is 1. The molecule has 1 saturated heterocycles. The van der Waals surface area contributed by atoms with E-state index in [0.29, 0.717) is 4.47 Å². The largest absolute Gasteiger partial charge is 0.483 e. The lowest BCUT2D eigenvalue weighted by Gasteiger charge is -2.32. The summed E-state index contributed by atoms with van der Waals surface area (Å²) in [6, 6.07) is 5.02. The number of anilines is 2. The van der Waals surface area contributed by atoms with Gasteiger partial charge in [-0.3, -0.25) is 0 Å². The Morgan fingerprint density at radius 1 is 1.29 bits per heavy atom. The van der Waals surface area contributed by atoms with Crippen molar-refractivity contribution in [2.24, 2.45) is 0 Å². The van der Waals surface area contributed by atoms with Crippen LogP contribution in [0.3, 0.4) is 0 Å². The number of hydrogen-bond donors (Lipinski definition) is 2. The minimum absolute atomic E-state index is 0.181. The molecule has 2 aliphatic carbocycles. The highest BCUT2D eigenvalue weighted by Gasteiger charge is 2.26.